The summed E-state index contributed by atoms with van der Waals surface area (Å²) >= 11 is 0. The molecule has 1 unspecified atom stereocenters. The minimum absolute atomic E-state index is 0.0468. The molecule has 0 bridgehead atoms. The van der Waals surface area contributed by atoms with E-state index < -0.39 is 0 Å². The maximum atomic E-state index is 12.5. The van der Waals surface area contributed by atoms with Crippen molar-refractivity contribution in [2.45, 2.75) is 25.9 Å². The minimum Gasteiger partial charge on any atom is -0.353 e. The highest BCUT2D eigenvalue weighted by molar-refractivity contribution is 5.77. The van der Waals surface area contributed by atoms with Gasteiger partial charge in [-0.05, 0) is 31.6 Å². The number of amides is 1. The van der Waals surface area contributed by atoms with Crippen LogP contribution in [0, 0.1) is 0 Å². The Morgan fingerprint density at radius 2 is 1.96 bits per heavy atom. The molecule has 1 aromatic carbocycles. The number of rotatable bonds is 7. The van der Waals surface area contributed by atoms with Crippen molar-refractivity contribution >= 4 is 16.9 Å². The third-order valence-corrected chi connectivity index (χ3v) is 4.92. The van der Waals surface area contributed by atoms with Crippen LogP contribution in [0.15, 0.2) is 41.6 Å². The van der Waals surface area contributed by atoms with E-state index in [9.17, 15) is 9.59 Å². The Hall–Kier alpha value is -3.00. The molecule has 0 aliphatic rings. The van der Waals surface area contributed by atoms with Crippen molar-refractivity contribution in [1.82, 2.24) is 29.5 Å². The zero-order chi connectivity index (χ0) is 20.3. The fourth-order valence-corrected chi connectivity index (χ4v) is 3.17. The lowest BCUT2D eigenvalue weighted by Gasteiger charge is -2.25. The summed E-state index contributed by atoms with van der Waals surface area (Å²) in [7, 11) is 5.69. The lowest BCUT2D eigenvalue weighted by atomic mass is 10.0. The number of fused-ring (bicyclic) bond motifs is 1. The maximum absolute atomic E-state index is 12.5. The molecule has 8 heteroatoms. The summed E-state index contributed by atoms with van der Waals surface area (Å²) < 4.78 is 2.84. The Morgan fingerprint density at radius 1 is 1.25 bits per heavy atom. The SMILES string of the molecule is CCc1ccc(C(CNC(=O)Cn2cnc3c(cnn3C)c2=O)N(C)C)cc1. The Labute approximate surface area is 163 Å². The molecule has 3 rings (SSSR count). The van der Waals surface area contributed by atoms with Gasteiger partial charge in [-0.3, -0.25) is 18.8 Å². The molecule has 28 heavy (non-hydrogen) atoms. The molecule has 0 fully saturated rings. The number of aryl methyl sites for hydroxylation is 2. The first-order valence-corrected chi connectivity index (χ1v) is 9.29. The van der Waals surface area contributed by atoms with Crippen molar-refractivity contribution in [3.05, 3.63) is 58.3 Å². The van der Waals surface area contributed by atoms with Gasteiger partial charge in [0.2, 0.25) is 5.91 Å². The van der Waals surface area contributed by atoms with Gasteiger partial charge in [0, 0.05) is 13.6 Å². The van der Waals surface area contributed by atoms with E-state index in [-0.39, 0.29) is 24.1 Å². The van der Waals surface area contributed by atoms with E-state index in [1.165, 1.54) is 27.3 Å². The highest BCUT2D eigenvalue weighted by Gasteiger charge is 2.16. The van der Waals surface area contributed by atoms with Crippen LogP contribution in [-0.4, -0.2) is 50.8 Å². The molecule has 1 amide bonds. The summed E-state index contributed by atoms with van der Waals surface area (Å²) in [5.74, 6) is -0.232. The molecule has 2 aromatic heterocycles. The highest BCUT2D eigenvalue weighted by atomic mass is 16.2. The number of aromatic nitrogens is 4. The standard InChI is InChI=1S/C20H26N6O2/c1-5-14-6-8-15(9-7-14)17(24(2)3)11-21-18(27)12-26-13-22-19-16(20(26)28)10-23-25(19)4/h6-10,13,17H,5,11-12H2,1-4H3,(H,21,27). The van der Waals surface area contributed by atoms with Gasteiger partial charge in [-0.25, -0.2) is 4.98 Å². The average Bonchev–Trinajstić information content (AvgIpc) is 3.06. The van der Waals surface area contributed by atoms with Crippen LogP contribution in [0.25, 0.3) is 11.0 Å². The third kappa shape index (κ3) is 4.12. The smallest absolute Gasteiger partial charge is 0.264 e. The molecule has 8 nitrogen and oxygen atoms in total. The van der Waals surface area contributed by atoms with E-state index in [4.69, 9.17) is 0 Å². The summed E-state index contributed by atoms with van der Waals surface area (Å²) in [5, 5.41) is 7.37. The molecule has 0 aliphatic carbocycles. The zero-order valence-corrected chi connectivity index (χ0v) is 16.7. The third-order valence-electron chi connectivity index (χ3n) is 4.92. The van der Waals surface area contributed by atoms with Gasteiger partial charge in [0.05, 0.1) is 12.2 Å². The topological polar surface area (TPSA) is 85.0 Å². The lowest BCUT2D eigenvalue weighted by molar-refractivity contribution is -0.121. The number of carbonyl (C=O) groups is 1. The molecule has 0 saturated carbocycles. The molecular formula is C20H26N6O2. The normalized spacial score (nSPS) is 12.5. The van der Waals surface area contributed by atoms with E-state index in [2.05, 4.69) is 51.5 Å². The fraction of sp³-hybridized carbons (Fsp3) is 0.400. The first-order valence-electron chi connectivity index (χ1n) is 9.29. The maximum Gasteiger partial charge on any atom is 0.264 e. The molecule has 3 aromatic rings. The van der Waals surface area contributed by atoms with Crippen LogP contribution in [-0.2, 0) is 24.8 Å². The number of hydrogen-bond acceptors (Lipinski definition) is 5. The predicted molar refractivity (Wildman–Crippen MR) is 108 cm³/mol. The Bertz CT molecular complexity index is 1020. The molecule has 0 radical (unpaired) electrons. The molecule has 0 saturated heterocycles. The summed E-state index contributed by atoms with van der Waals surface area (Å²) in [6.07, 6.45) is 3.85. The van der Waals surface area contributed by atoms with Crippen molar-refractivity contribution < 1.29 is 4.79 Å². The number of likely N-dealkylation sites (N-methyl/N-ethyl adjacent to an activating group) is 1. The number of hydrogen-bond donors (Lipinski definition) is 1. The van der Waals surface area contributed by atoms with Crippen molar-refractivity contribution in [3.63, 3.8) is 0 Å². The second-order valence-electron chi connectivity index (χ2n) is 7.06. The van der Waals surface area contributed by atoms with Gasteiger partial charge in [-0.1, -0.05) is 31.2 Å². The predicted octanol–water partition coefficient (Wildman–Crippen LogP) is 1.11. The average molecular weight is 382 g/mol. The van der Waals surface area contributed by atoms with Crippen LogP contribution in [0.4, 0.5) is 0 Å². The Balaban J connectivity index is 1.68. The van der Waals surface area contributed by atoms with Gasteiger partial charge in [-0.15, -0.1) is 0 Å². The summed E-state index contributed by atoms with van der Waals surface area (Å²) in [5.41, 5.74) is 2.65. The van der Waals surface area contributed by atoms with Crippen LogP contribution in [0.1, 0.15) is 24.1 Å². The first kappa shape index (κ1) is 19.8. The Kier molecular flexibility index (Phi) is 5.89. The number of nitrogens with one attached hydrogen (secondary N) is 1. The fourth-order valence-electron chi connectivity index (χ4n) is 3.17. The van der Waals surface area contributed by atoms with E-state index in [0.29, 0.717) is 17.6 Å². The van der Waals surface area contributed by atoms with Gasteiger partial charge >= 0.3 is 0 Å². The summed E-state index contributed by atoms with van der Waals surface area (Å²) in [6.45, 7) is 2.50. The van der Waals surface area contributed by atoms with E-state index in [0.717, 1.165) is 12.0 Å². The van der Waals surface area contributed by atoms with Crippen LogP contribution in [0.2, 0.25) is 0 Å². The first-order chi connectivity index (χ1) is 13.4. The minimum atomic E-state index is -0.271. The molecule has 148 valence electrons. The van der Waals surface area contributed by atoms with Gasteiger partial charge < -0.3 is 10.2 Å². The molecular weight excluding hydrogens is 356 g/mol. The van der Waals surface area contributed by atoms with Crippen molar-refractivity contribution in [1.29, 1.82) is 0 Å². The van der Waals surface area contributed by atoms with E-state index >= 15 is 0 Å². The van der Waals surface area contributed by atoms with Crippen LogP contribution in [0.3, 0.4) is 0 Å². The largest absolute Gasteiger partial charge is 0.353 e. The summed E-state index contributed by atoms with van der Waals surface area (Å²) in [6, 6.07) is 8.47. The van der Waals surface area contributed by atoms with E-state index in [1.807, 2.05) is 14.1 Å². The van der Waals surface area contributed by atoms with Gasteiger partial charge in [0.15, 0.2) is 5.65 Å². The number of carbonyl (C=O) groups excluding carboxylic acids is 1. The van der Waals surface area contributed by atoms with Gasteiger partial charge in [0.1, 0.15) is 18.3 Å². The van der Waals surface area contributed by atoms with Crippen molar-refractivity contribution in [3.8, 4) is 0 Å². The van der Waals surface area contributed by atoms with Crippen molar-refractivity contribution in [2.75, 3.05) is 20.6 Å². The monoisotopic (exact) mass is 382 g/mol. The Morgan fingerprint density at radius 3 is 2.61 bits per heavy atom. The second-order valence-corrected chi connectivity index (χ2v) is 7.06. The molecule has 0 aliphatic heterocycles. The second kappa shape index (κ2) is 8.35. The molecule has 1 N–H and O–H groups in total. The number of nitrogens with zero attached hydrogens (tertiary/aromatic N) is 5. The molecule has 1 atom stereocenters. The van der Waals surface area contributed by atoms with Crippen LogP contribution < -0.4 is 10.9 Å². The van der Waals surface area contributed by atoms with Gasteiger partial charge in [0.25, 0.3) is 5.56 Å². The quantitative estimate of drug-likeness (QED) is 0.662. The van der Waals surface area contributed by atoms with E-state index in [1.54, 1.807) is 7.05 Å². The van der Waals surface area contributed by atoms with Crippen LogP contribution in [0.5, 0.6) is 0 Å². The van der Waals surface area contributed by atoms with Gasteiger partial charge in [-0.2, -0.15) is 5.10 Å². The highest BCUT2D eigenvalue weighted by Crippen LogP contribution is 2.18. The number of benzene rings is 1. The lowest BCUT2D eigenvalue weighted by Crippen LogP contribution is -2.37. The zero-order valence-electron chi connectivity index (χ0n) is 16.7. The van der Waals surface area contributed by atoms with Crippen LogP contribution >= 0.6 is 0 Å². The van der Waals surface area contributed by atoms with Crippen molar-refractivity contribution in [2.24, 2.45) is 7.05 Å². The summed E-state index contributed by atoms with van der Waals surface area (Å²) in [4.78, 5) is 31.2. The molecule has 0 spiro atoms. The molecule has 2 heterocycles.